The Balaban J connectivity index is 1.84. The Morgan fingerprint density at radius 1 is 0.958 bits per heavy atom. The molecule has 6 nitrogen and oxygen atoms in total. The summed E-state index contributed by atoms with van der Waals surface area (Å²) in [4.78, 5) is 12.0. The summed E-state index contributed by atoms with van der Waals surface area (Å²) in [5.41, 5.74) is 2.83. The van der Waals surface area contributed by atoms with Crippen molar-refractivity contribution in [2.24, 2.45) is 5.10 Å². The molecule has 3 aromatic carbocycles. The fourth-order valence-corrected chi connectivity index (χ4v) is 2.37. The minimum atomic E-state index is -0.600. The summed E-state index contributed by atoms with van der Waals surface area (Å²) in [5.74, 6) is -1.01. The van der Waals surface area contributed by atoms with Crippen LogP contribution in [0.4, 0.5) is 0 Å². The molecule has 4 N–H and O–H groups in total. The number of fused-ring (bicyclic) bond motifs is 1. The van der Waals surface area contributed by atoms with Gasteiger partial charge in [-0.1, -0.05) is 30.3 Å². The van der Waals surface area contributed by atoms with Crippen molar-refractivity contribution in [1.82, 2.24) is 5.43 Å². The maximum Gasteiger partial charge on any atom is 0.271 e. The molecule has 3 rings (SSSR count). The van der Waals surface area contributed by atoms with E-state index in [1.807, 2.05) is 24.3 Å². The Morgan fingerprint density at radius 2 is 1.67 bits per heavy atom. The van der Waals surface area contributed by atoms with Gasteiger partial charge in [0.2, 0.25) is 0 Å². The average Bonchev–Trinajstić information content (AvgIpc) is 2.56. The Bertz CT molecular complexity index is 931. The number of phenolic OH excluding ortho intramolecular Hbond substituents is 3. The molecule has 0 aromatic heterocycles. The van der Waals surface area contributed by atoms with Crippen molar-refractivity contribution < 1.29 is 20.1 Å². The molecule has 0 unspecified atom stereocenters. The van der Waals surface area contributed by atoms with Gasteiger partial charge in [0.05, 0.1) is 6.21 Å². The van der Waals surface area contributed by atoms with Crippen LogP contribution < -0.4 is 5.43 Å². The molecular weight excluding hydrogens is 308 g/mol. The lowest BCUT2D eigenvalue weighted by Gasteiger charge is -2.05. The summed E-state index contributed by atoms with van der Waals surface area (Å²) in [6.07, 6.45) is 1.35. The average molecular weight is 322 g/mol. The minimum absolute atomic E-state index is 0.0432. The summed E-state index contributed by atoms with van der Waals surface area (Å²) >= 11 is 0. The number of rotatable bonds is 3. The molecule has 0 bridgehead atoms. The molecule has 120 valence electrons. The Hall–Kier alpha value is -3.54. The van der Waals surface area contributed by atoms with Crippen molar-refractivity contribution in [3.05, 3.63) is 65.7 Å². The molecule has 6 heteroatoms. The highest BCUT2D eigenvalue weighted by Crippen LogP contribution is 2.25. The Labute approximate surface area is 137 Å². The van der Waals surface area contributed by atoms with Crippen LogP contribution in [0.1, 0.15) is 15.9 Å². The fourth-order valence-electron chi connectivity index (χ4n) is 2.37. The molecule has 0 aliphatic heterocycles. The number of nitrogens with one attached hydrogen (secondary N) is 1. The van der Waals surface area contributed by atoms with Gasteiger partial charge in [-0.3, -0.25) is 4.79 Å². The van der Waals surface area contributed by atoms with E-state index in [2.05, 4.69) is 10.5 Å². The first-order chi connectivity index (χ1) is 11.5. The second-order valence-corrected chi connectivity index (χ2v) is 5.16. The summed E-state index contributed by atoms with van der Waals surface area (Å²) < 4.78 is 0. The smallest absolute Gasteiger partial charge is 0.271 e. The highest BCUT2D eigenvalue weighted by Gasteiger charge is 2.08. The molecule has 0 saturated heterocycles. The molecule has 0 aliphatic carbocycles. The van der Waals surface area contributed by atoms with Crippen LogP contribution >= 0.6 is 0 Å². The molecule has 24 heavy (non-hydrogen) atoms. The second kappa shape index (κ2) is 6.29. The van der Waals surface area contributed by atoms with Gasteiger partial charge >= 0.3 is 0 Å². The van der Waals surface area contributed by atoms with Crippen LogP contribution in [0.15, 0.2) is 59.7 Å². The van der Waals surface area contributed by atoms with Gasteiger partial charge in [-0.05, 0) is 29.0 Å². The van der Waals surface area contributed by atoms with E-state index in [1.54, 1.807) is 12.1 Å². The number of phenols is 3. The standard InChI is InChI=1S/C18H14N2O4/c21-13-7-12(8-14(22)9-13)18(24)20-19-10-16-15-4-2-1-3-11(15)5-6-17(16)23/h1-10,21-23H,(H,20,24)/b19-10+. The topological polar surface area (TPSA) is 102 Å². The lowest BCUT2D eigenvalue weighted by molar-refractivity contribution is 0.0954. The van der Waals surface area contributed by atoms with E-state index in [0.29, 0.717) is 5.56 Å². The first-order valence-electron chi connectivity index (χ1n) is 7.12. The van der Waals surface area contributed by atoms with Crippen LogP contribution in [0.25, 0.3) is 10.8 Å². The molecule has 0 heterocycles. The quantitative estimate of drug-likeness (QED) is 0.440. The first-order valence-corrected chi connectivity index (χ1v) is 7.12. The van der Waals surface area contributed by atoms with Crippen LogP contribution in [-0.2, 0) is 0 Å². The van der Waals surface area contributed by atoms with E-state index in [9.17, 15) is 20.1 Å². The number of carbonyl (C=O) groups excluding carboxylic acids is 1. The van der Waals surface area contributed by atoms with Gasteiger partial charge in [-0.25, -0.2) is 5.43 Å². The molecule has 0 radical (unpaired) electrons. The van der Waals surface area contributed by atoms with E-state index >= 15 is 0 Å². The zero-order valence-corrected chi connectivity index (χ0v) is 12.5. The third kappa shape index (κ3) is 3.12. The molecule has 0 spiro atoms. The third-order valence-corrected chi connectivity index (χ3v) is 3.47. The SMILES string of the molecule is O=C(N/N=C/c1c(O)ccc2ccccc12)c1cc(O)cc(O)c1. The molecule has 0 fully saturated rings. The maximum absolute atomic E-state index is 12.0. The van der Waals surface area contributed by atoms with Crippen LogP contribution in [0.5, 0.6) is 17.2 Å². The van der Waals surface area contributed by atoms with Crippen molar-refractivity contribution in [2.75, 3.05) is 0 Å². The number of benzene rings is 3. The summed E-state index contributed by atoms with van der Waals surface area (Å²) in [6, 6.07) is 14.3. The van der Waals surface area contributed by atoms with Crippen molar-refractivity contribution >= 4 is 22.9 Å². The van der Waals surface area contributed by atoms with Gasteiger partial charge in [0.1, 0.15) is 17.2 Å². The summed E-state index contributed by atoms with van der Waals surface area (Å²) in [6.45, 7) is 0. The summed E-state index contributed by atoms with van der Waals surface area (Å²) in [5, 5.41) is 34.3. The number of amides is 1. The number of hydrogen-bond acceptors (Lipinski definition) is 5. The van der Waals surface area contributed by atoms with Crippen molar-refractivity contribution in [1.29, 1.82) is 0 Å². The van der Waals surface area contributed by atoms with Crippen LogP contribution in [-0.4, -0.2) is 27.4 Å². The normalized spacial score (nSPS) is 11.0. The van der Waals surface area contributed by atoms with Gasteiger partial charge < -0.3 is 15.3 Å². The second-order valence-electron chi connectivity index (χ2n) is 5.16. The molecule has 0 atom stereocenters. The van der Waals surface area contributed by atoms with Gasteiger partial charge in [0.25, 0.3) is 5.91 Å². The van der Waals surface area contributed by atoms with Crippen molar-refractivity contribution in [3.8, 4) is 17.2 Å². The number of hydrazone groups is 1. The zero-order chi connectivity index (χ0) is 17.1. The molecule has 1 amide bonds. The van der Waals surface area contributed by atoms with Crippen LogP contribution in [0.3, 0.4) is 0 Å². The van der Waals surface area contributed by atoms with E-state index in [-0.39, 0.29) is 22.8 Å². The first kappa shape index (κ1) is 15.4. The predicted molar refractivity (Wildman–Crippen MR) is 90.4 cm³/mol. The zero-order valence-electron chi connectivity index (χ0n) is 12.5. The number of carbonyl (C=O) groups is 1. The Morgan fingerprint density at radius 3 is 2.42 bits per heavy atom. The minimum Gasteiger partial charge on any atom is -0.508 e. The lowest BCUT2D eigenvalue weighted by atomic mass is 10.0. The Kier molecular flexibility index (Phi) is 4.03. The van der Waals surface area contributed by atoms with E-state index in [4.69, 9.17) is 0 Å². The third-order valence-electron chi connectivity index (χ3n) is 3.47. The lowest BCUT2D eigenvalue weighted by Crippen LogP contribution is -2.17. The van der Waals surface area contributed by atoms with Crippen LogP contribution in [0, 0.1) is 0 Å². The van der Waals surface area contributed by atoms with E-state index in [1.165, 1.54) is 18.3 Å². The van der Waals surface area contributed by atoms with Gasteiger partial charge in [-0.15, -0.1) is 0 Å². The van der Waals surface area contributed by atoms with Gasteiger partial charge in [0, 0.05) is 17.2 Å². The van der Waals surface area contributed by atoms with Crippen LogP contribution in [0.2, 0.25) is 0 Å². The number of nitrogens with zero attached hydrogens (tertiary/aromatic N) is 1. The molecule has 3 aromatic rings. The van der Waals surface area contributed by atoms with E-state index in [0.717, 1.165) is 16.8 Å². The maximum atomic E-state index is 12.0. The molecule has 0 aliphatic rings. The highest BCUT2D eigenvalue weighted by atomic mass is 16.3. The molecule has 0 saturated carbocycles. The van der Waals surface area contributed by atoms with E-state index < -0.39 is 5.91 Å². The predicted octanol–water partition coefficient (Wildman–Crippen LogP) is 2.72. The number of hydrogen-bond donors (Lipinski definition) is 4. The monoisotopic (exact) mass is 322 g/mol. The summed E-state index contributed by atoms with van der Waals surface area (Å²) in [7, 11) is 0. The van der Waals surface area contributed by atoms with Gasteiger partial charge in [0.15, 0.2) is 0 Å². The van der Waals surface area contributed by atoms with Crippen molar-refractivity contribution in [3.63, 3.8) is 0 Å². The fraction of sp³-hybridized carbons (Fsp3) is 0. The number of aromatic hydroxyl groups is 3. The largest absolute Gasteiger partial charge is 0.508 e. The highest BCUT2D eigenvalue weighted by molar-refractivity contribution is 6.03. The van der Waals surface area contributed by atoms with Gasteiger partial charge in [-0.2, -0.15) is 5.10 Å². The molecular formula is C18H14N2O4. The van der Waals surface area contributed by atoms with Crippen molar-refractivity contribution in [2.45, 2.75) is 0 Å².